The first-order valence-electron chi connectivity index (χ1n) is 9.53. The van der Waals surface area contributed by atoms with E-state index in [-0.39, 0.29) is 31.0 Å². The van der Waals surface area contributed by atoms with Gasteiger partial charge in [0.2, 0.25) is 0 Å². The standard InChI is InChI=1S/C26H20N2.Na.H/c1-17-15-23(19-9-5-3-6-10-19)21-13-14-22-24(20-11-7-4-8-12-20)16-18(2)28-26(22)25(21)27-17;;/h3-16H,1-2H3;;/q;+1;-1. The Morgan fingerprint density at radius 2 is 0.931 bits per heavy atom. The van der Waals surface area contributed by atoms with Gasteiger partial charge >= 0.3 is 29.6 Å². The molecule has 0 unspecified atom stereocenters. The van der Waals surface area contributed by atoms with Crippen LogP contribution in [0.1, 0.15) is 12.8 Å². The van der Waals surface area contributed by atoms with Crippen LogP contribution in [0, 0.1) is 13.8 Å². The molecule has 0 N–H and O–H groups in total. The minimum Gasteiger partial charge on any atom is -1.00 e. The average Bonchev–Trinajstić information content (AvgIpc) is 2.74. The molecule has 2 aromatic heterocycles. The van der Waals surface area contributed by atoms with Crippen LogP contribution in [-0.2, 0) is 0 Å². The summed E-state index contributed by atoms with van der Waals surface area (Å²) in [6, 6.07) is 29.7. The number of aromatic nitrogens is 2. The van der Waals surface area contributed by atoms with Crippen molar-refractivity contribution >= 4 is 21.8 Å². The minimum atomic E-state index is 0. The van der Waals surface area contributed by atoms with Crippen molar-refractivity contribution in [3.63, 3.8) is 0 Å². The Morgan fingerprint density at radius 3 is 1.31 bits per heavy atom. The van der Waals surface area contributed by atoms with Gasteiger partial charge in [0.15, 0.2) is 0 Å². The molecule has 5 aromatic rings. The van der Waals surface area contributed by atoms with Crippen LogP contribution in [0.5, 0.6) is 0 Å². The zero-order chi connectivity index (χ0) is 19.1. The Hall–Kier alpha value is -2.52. The zero-order valence-corrected chi connectivity index (χ0v) is 19.0. The summed E-state index contributed by atoms with van der Waals surface area (Å²) in [4.78, 5) is 9.81. The van der Waals surface area contributed by atoms with Crippen LogP contribution in [0.2, 0.25) is 0 Å². The maximum Gasteiger partial charge on any atom is 1.00 e. The molecule has 0 saturated heterocycles. The van der Waals surface area contributed by atoms with Gasteiger partial charge in [0.1, 0.15) is 0 Å². The molecule has 0 aliphatic rings. The third kappa shape index (κ3) is 3.60. The van der Waals surface area contributed by atoms with E-state index in [9.17, 15) is 0 Å². The summed E-state index contributed by atoms with van der Waals surface area (Å²) in [5, 5.41) is 2.28. The molecule has 29 heavy (non-hydrogen) atoms. The van der Waals surface area contributed by atoms with Gasteiger partial charge in [0.25, 0.3) is 0 Å². The van der Waals surface area contributed by atoms with Crippen LogP contribution in [0.4, 0.5) is 0 Å². The molecule has 0 bridgehead atoms. The summed E-state index contributed by atoms with van der Waals surface area (Å²) in [5.41, 5.74) is 8.76. The van der Waals surface area contributed by atoms with Crippen LogP contribution >= 0.6 is 0 Å². The third-order valence-electron chi connectivity index (χ3n) is 5.18. The second-order valence-electron chi connectivity index (χ2n) is 7.21. The molecular formula is C26H21N2Na. The van der Waals surface area contributed by atoms with Gasteiger partial charge in [0, 0.05) is 22.2 Å². The fourth-order valence-corrected chi connectivity index (χ4v) is 3.94. The Labute approximate surface area is 194 Å². The van der Waals surface area contributed by atoms with Crippen LogP contribution in [0.25, 0.3) is 44.1 Å². The fraction of sp³-hybridized carbons (Fsp3) is 0.0769. The molecule has 0 aliphatic heterocycles. The Kier molecular flexibility index (Phi) is 5.51. The van der Waals surface area contributed by atoms with E-state index < -0.39 is 0 Å². The molecule has 2 heterocycles. The molecule has 3 aromatic carbocycles. The monoisotopic (exact) mass is 384 g/mol. The second-order valence-corrected chi connectivity index (χ2v) is 7.21. The number of nitrogens with zero attached hydrogens (tertiary/aromatic N) is 2. The summed E-state index contributed by atoms with van der Waals surface area (Å²) in [5.74, 6) is 0. The topological polar surface area (TPSA) is 25.8 Å². The molecule has 0 aliphatic carbocycles. The predicted molar refractivity (Wildman–Crippen MR) is 119 cm³/mol. The smallest absolute Gasteiger partial charge is 1.00 e. The minimum absolute atomic E-state index is 0. The van der Waals surface area contributed by atoms with Crippen LogP contribution < -0.4 is 29.6 Å². The van der Waals surface area contributed by atoms with Crippen molar-refractivity contribution in [2.75, 3.05) is 0 Å². The van der Waals surface area contributed by atoms with Crippen molar-refractivity contribution in [3.05, 3.63) is 96.3 Å². The van der Waals surface area contributed by atoms with Crippen molar-refractivity contribution in [2.45, 2.75) is 13.8 Å². The van der Waals surface area contributed by atoms with Gasteiger partial charge in [-0.25, -0.2) is 0 Å². The van der Waals surface area contributed by atoms with E-state index in [1.54, 1.807) is 0 Å². The van der Waals surface area contributed by atoms with Crippen LogP contribution in [0.3, 0.4) is 0 Å². The molecule has 0 atom stereocenters. The summed E-state index contributed by atoms with van der Waals surface area (Å²) in [7, 11) is 0. The molecule has 0 fully saturated rings. The number of pyridine rings is 2. The van der Waals surface area contributed by atoms with Crippen LogP contribution in [-0.4, -0.2) is 9.97 Å². The maximum atomic E-state index is 4.90. The van der Waals surface area contributed by atoms with Gasteiger partial charge in [0.05, 0.1) is 11.0 Å². The SMILES string of the molecule is Cc1cc(-c2ccccc2)c2ccc3c(-c4ccccc4)cc(C)nc3c2n1.[H-].[Na+]. The Bertz CT molecular complexity index is 1220. The molecule has 0 radical (unpaired) electrons. The third-order valence-corrected chi connectivity index (χ3v) is 5.18. The van der Waals surface area contributed by atoms with E-state index >= 15 is 0 Å². The molecule has 0 amide bonds. The Morgan fingerprint density at radius 1 is 0.552 bits per heavy atom. The van der Waals surface area contributed by atoms with E-state index in [2.05, 4.69) is 86.6 Å². The normalized spacial score (nSPS) is 10.8. The first-order valence-corrected chi connectivity index (χ1v) is 9.53. The van der Waals surface area contributed by atoms with Crippen molar-refractivity contribution in [1.29, 1.82) is 0 Å². The van der Waals surface area contributed by atoms with Gasteiger partial charge in [-0.15, -0.1) is 0 Å². The quantitative estimate of drug-likeness (QED) is 0.341. The first kappa shape index (κ1) is 19.8. The summed E-state index contributed by atoms with van der Waals surface area (Å²) >= 11 is 0. The van der Waals surface area contributed by atoms with Crippen LogP contribution in [0.15, 0.2) is 84.9 Å². The zero-order valence-electron chi connectivity index (χ0n) is 18.0. The molecule has 136 valence electrons. The molecule has 5 rings (SSSR count). The number of hydrogen-bond donors (Lipinski definition) is 0. The van der Waals surface area contributed by atoms with E-state index in [1.807, 2.05) is 12.1 Å². The van der Waals surface area contributed by atoms with Gasteiger partial charge < -0.3 is 1.43 Å². The largest absolute Gasteiger partial charge is 1.00 e. The average molecular weight is 384 g/mol. The van der Waals surface area contributed by atoms with Gasteiger partial charge in [-0.05, 0) is 48.2 Å². The van der Waals surface area contributed by atoms with Gasteiger partial charge in [-0.3, -0.25) is 9.97 Å². The van der Waals surface area contributed by atoms with Crippen molar-refractivity contribution in [2.24, 2.45) is 0 Å². The first-order chi connectivity index (χ1) is 13.7. The number of hydrogen-bond acceptors (Lipinski definition) is 2. The number of benzene rings is 3. The van der Waals surface area contributed by atoms with Crippen molar-refractivity contribution in [1.82, 2.24) is 9.97 Å². The fourth-order valence-electron chi connectivity index (χ4n) is 3.94. The second kappa shape index (κ2) is 8.08. The number of fused-ring (bicyclic) bond motifs is 3. The van der Waals surface area contributed by atoms with Crippen molar-refractivity contribution in [3.8, 4) is 22.3 Å². The van der Waals surface area contributed by atoms with E-state index in [1.165, 1.54) is 22.3 Å². The van der Waals surface area contributed by atoms with E-state index in [0.29, 0.717) is 0 Å². The number of aryl methyl sites for hydroxylation is 2. The van der Waals surface area contributed by atoms with Gasteiger partial charge in [-0.2, -0.15) is 0 Å². The molecular weight excluding hydrogens is 363 g/mol. The predicted octanol–water partition coefficient (Wildman–Crippen LogP) is 3.85. The number of rotatable bonds is 2. The van der Waals surface area contributed by atoms with E-state index in [4.69, 9.17) is 9.97 Å². The molecule has 0 spiro atoms. The summed E-state index contributed by atoms with van der Waals surface area (Å²) < 4.78 is 0. The maximum absolute atomic E-state index is 4.90. The molecule has 0 saturated carbocycles. The summed E-state index contributed by atoms with van der Waals surface area (Å²) in [6.45, 7) is 4.11. The molecule has 3 heteroatoms. The molecule has 2 nitrogen and oxygen atoms in total. The van der Waals surface area contributed by atoms with Crippen molar-refractivity contribution < 1.29 is 31.0 Å². The summed E-state index contributed by atoms with van der Waals surface area (Å²) in [6.07, 6.45) is 0. The van der Waals surface area contributed by atoms with E-state index in [0.717, 1.165) is 33.2 Å². The Balaban J connectivity index is 0.00000128. The van der Waals surface area contributed by atoms with Gasteiger partial charge in [-0.1, -0.05) is 72.8 Å².